The summed E-state index contributed by atoms with van der Waals surface area (Å²) in [7, 11) is -3.64. The van der Waals surface area contributed by atoms with Crippen molar-refractivity contribution in [1.29, 1.82) is 0 Å². The quantitative estimate of drug-likeness (QED) is 0.361. The fraction of sp³-hybridized carbons (Fsp3) is 0.750. The number of esters is 2. The van der Waals surface area contributed by atoms with Crippen LogP contribution in [0.3, 0.4) is 0 Å². The molecule has 1 aliphatic heterocycles. The third-order valence-electron chi connectivity index (χ3n) is 2.93. The van der Waals surface area contributed by atoms with Gasteiger partial charge in [-0.05, 0) is 39.8 Å². The van der Waals surface area contributed by atoms with Gasteiger partial charge in [0.2, 0.25) is 0 Å². The number of carbonyl (C=O) groups is 2. The number of hydrogen-bond donors (Lipinski definition) is 0. The molecule has 1 aliphatic rings. The van der Waals surface area contributed by atoms with Gasteiger partial charge in [0, 0.05) is 13.8 Å². The summed E-state index contributed by atoms with van der Waals surface area (Å²) in [4.78, 5) is 22.3. The van der Waals surface area contributed by atoms with Crippen LogP contribution in [0.1, 0.15) is 41.5 Å². The lowest BCUT2D eigenvalue weighted by Crippen LogP contribution is -2.42. The molecular formula is C16H27O8P. The first-order valence-electron chi connectivity index (χ1n) is 8.14. The van der Waals surface area contributed by atoms with Crippen molar-refractivity contribution >= 4 is 19.5 Å². The molecule has 9 heteroatoms. The SMILES string of the molecule is CC(=O)OC[C@H]1OC(P(=O)(OC(C)C)OC(C)C)C=C[C@@H]1OC(C)=O. The fourth-order valence-electron chi connectivity index (χ4n) is 2.18. The normalized spacial score (nSPS) is 23.8. The van der Waals surface area contributed by atoms with Gasteiger partial charge in [-0.15, -0.1) is 0 Å². The molecule has 1 heterocycles. The minimum atomic E-state index is -3.64. The minimum absolute atomic E-state index is 0.155. The molecule has 25 heavy (non-hydrogen) atoms. The monoisotopic (exact) mass is 378 g/mol. The molecule has 1 rings (SSSR count). The first kappa shape index (κ1) is 21.8. The van der Waals surface area contributed by atoms with E-state index in [2.05, 4.69) is 0 Å². The lowest BCUT2D eigenvalue weighted by Gasteiger charge is -2.35. The lowest BCUT2D eigenvalue weighted by atomic mass is 10.1. The Hall–Kier alpha value is -1.21. The van der Waals surface area contributed by atoms with E-state index in [9.17, 15) is 14.2 Å². The summed E-state index contributed by atoms with van der Waals surface area (Å²) in [5, 5.41) is 0. The summed E-state index contributed by atoms with van der Waals surface area (Å²) in [5.74, 6) is -2.01. The first-order chi connectivity index (χ1) is 11.5. The summed E-state index contributed by atoms with van der Waals surface area (Å²) in [6, 6.07) is 0. The number of ether oxygens (including phenoxy) is 3. The third-order valence-corrected chi connectivity index (χ3v) is 5.27. The molecule has 0 aliphatic carbocycles. The van der Waals surface area contributed by atoms with Gasteiger partial charge in [0.05, 0.1) is 12.2 Å². The van der Waals surface area contributed by atoms with Crippen LogP contribution in [0.4, 0.5) is 0 Å². The van der Waals surface area contributed by atoms with Gasteiger partial charge in [0.1, 0.15) is 18.8 Å². The second-order valence-electron chi connectivity index (χ2n) is 6.17. The Bertz CT molecular complexity index is 528. The molecule has 144 valence electrons. The van der Waals surface area contributed by atoms with Crippen molar-refractivity contribution < 1.29 is 37.4 Å². The second kappa shape index (κ2) is 9.48. The topological polar surface area (TPSA) is 97.4 Å². The molecule has 0 bridgehead atoms. The average Bonchev–Trinajstić information content (AvgIpc) is 2.43. The van der Waals surface area contributed by atoms with Gasteiger partial charge >= 0.3 is 19.5 Å². The van der Waals surface area contributed by atoms with Crippen molar-refractivity contribution in [2.45, 2.75) is 71.8 Å². The molecule has 0 saturated heterocycles. The van der Waals surface area contributed by atoms with E-state index in [1.165, 1.54) is 19.9 Å². The van der Waals surface area contributed by atoms with Gasteiger partial charge in [0.15, 0.2) is 5.85 Å². The van der Waals surface area contributed by atoms with Crippen LogP contribution in [0.15, 0.2) is 12.2 Å². The molecule has 0 amide bonds. The Morgan fingerprint density at radius 1 is 1.04 bits per heavy atom. The van der Waals surface area contributed by atoms with E-state index in [4.69, 9.17) is 23.3 Å². The lowest BCUT2D eigenvalue weighted by molar-refractivity contribution is -0.160. The molecule has 0 aromatic carbocycles. The summed E-state index contributed by atoms with van der Waals surface area (Å²) in [5.41, 5.74) is 0. The number of carbonyl (C=O) groups excluding carboxylic acids is 2. The van der Waals surface area contributed by atoms with Crippen molar-refractivity contribution in [3.05, 3.63) is 12.2 Å². The van der Waals surface area contributed by atoms with Crippen molar-refractivity contribution in [2.75, 3.05) is 6.61 Å². The molecule has 0 N–H and O–H groups in total. The molecule has 0 fully saturated rings. The molecular weight excluding hydrogens is 351 g/mol. The molecule has 0 saturated carbocycles. The zero-order valence-electron chi connectivity index (χ0n) is 15.5. The number of hydrogen-bond acceptors (Lipinski definition) is 8. The van der Waals surface area contributed by atoms with Crippen molar-refractivity contribution in [3.8, 4) is 0 Å². The van der Waals surface area contributed by atoms with E-state index in [0.717, 1.165) is 0 Å². The summed E-state index contributed by atoms with van der Waals surface area (Å²) in [6.45, 7) is 9.31. The predicted molar refractivity (Wildman–Crippen MR) is 90.0 cm³/mol. The molecule has 0 radical (unpaired) electrons. The molecule has 8 nitrogen and oxygen atoms in total. The van der Waals surface area contributed by atoms with E-state index in [0.29, 0.717) is 0 Å². The molecule has 1 unspecified atom stereocenters. The summed E-state index contributed by atoms with van der Waals surface area (Å²) >= 11 is 0. The van der Waals surface area contributed by atoms with E-state index < -0.39 is 37.6 Å². The van der Waals surface area contributed by atoms with Crippen molar-refractivity contribution in [1.82, 2.24) is 0 Å². The highest BCUT2D eigenvalue weighted by atomic mass is 31.2. The van der Waals surface area contributed by atoms with Crippen LogP contribution in [-0.2, 0) is 37.4 Å². The smallest absolute Gasteiger partial charge is 0.363 e. The minimum Gasteiger partial charge on any atom is -0.463 e. The van der Waals surface area contributed by atoms with Gasteiger partial charge in [0.25, 0.3) is 0 Å². The van der Waals surface area contributed by atoms with E-state index in [1.807, 2.05) is 0 Å². The van der Waals surface area contributed by atoms with Crippen LogP contribution in [0.5, 0.6) is 0 Å². The highest BCUT2D eigenvalue weighted by Gasteiger charge is 2.43. The Morgan fingerprint density at radius 2 is 1.60 bits per heavy atom. The van der Waals surface area contributed by atoms with Crippen molar-refractivity contribution in [3.63, 3.8) is 0 Å². The predicted octanol–water partition coefficient (Wildman–Crippen LogP) is 2.81. The van der Waals surface area contributed by atoms with E-state index in [1.54, 1.807) is 33.8 Å². The highest BCUT2D eigenvalue weighted by molar-refractivity contribution is 7.54. The maximum atomic E-state index is 13.2. The molecule has 0 spiro atoms. The van der Waals surface area contributed by atoms with Gasteiger partial charge in [-0.2, -0.15) is 0 Å². The molecule has 0 aromatic heterocycles. The van der Waals surface area contributed by atoms with Crippen LogP contribution in [-0.4, -0.2) is 48.8 Å². The number of rotatable bonds is 8. The molecule has 0 aromatic rings. The summed E-state index contributed by atoms with van der Waals surface area (Å²) in [6.07, 6.45) is 0.759. The van der Waals surface area contributed by atoms with Gasteiger partial charge < -0.3 is 23.3 Å². The molecule has 3 atom stereocenters. The average molecular weight is 378 g/mol. The fourth-order valence-corrected chi connectivity index (χ4v) is 4.26. The van der Waals surface area contributed by atoms with Crippen LogP contribution < -0.4 is 0 Å². The maximum absolute atomic E-state index is 13.2. The van der Waals surface area contributed by atoms with Gasteiger partial charge in [-0.3, -0.25) is 14.2 Å². The first-order valence-corrected chi connectivity index (χ1v) is 9.75. The van der Waals surface area contributed by atoms with Crippen LogP contribution in [0, 0.1) is 0 Å². The van der Waals surface area contributed by atoms with E-state index >= 15 is 0 Å². The van der Waals surface area contributed by atoms with Gasteiger partial charge in [-0.1, -0.05) is 0 Å². The Labute approximate surface area is 148 Å². The Morgan fingerprint density at radius 3 is 2.04 bits per heavy atom. The zero-order valence-corrected chi connectivity index (χ0v) is 16.4. The summed E-state index contributed by atoms with van der Waals surface area (Å²) < 4.78 is 40.1. The van der Waals surface area contributed by atoms with E-state index in [-0.39, 0.29) is 18.8 Å². The Balaban J connectivity index is 3.03. The third kappa shape index (κ3) is 7.28. The zero-order chi connectivity index (χ0) is 19.2. The van der Waals surface area contributed by atoms with Crippen molar-refractivity contribution in [2.24, 2.45) is 0 Å². The highest BCUT2D eigenvalue weighted by Crippen LogP contribution is 2.57. The standard InChI is InChI=1S/C16H27O8P/c1-10(2)23-25(19,24-11(3)4)16-8-7-14(21-13(6)18)15(22-16)9-20-12(5)17/h7-8,10-11,14-16H,9H2,1-6H3/t14-,15+,16?/m0/s1. The maximum Gasteiger partial charge on any atom is 0.363 e. The van der Waals surface area contributed by atoms with Crippen LogP contribution in [0.2, 0.25) is 0 Å². The Kier molecular flexibility index (Phi) is 8.28. The largest absolute Gasteiger partial charge is 0.463 e. The van der Waals surface area contributed by atoms with Crippen LogP contribution >= 0.6 is 7.60 Å². The van der Waals surface area contributed by atoms with Crippen LogP contribution in [0.25, 0.3) is 0 Å². The second-order valence-corrected chi connectivity index (χ2v) is 8.19. The van der Waals surface area contributed by atoms with Gasteiger partial charge in [-0.25, -0.2) is 0 Å².